The number of hydrogen-bond acceptors (Lipinski definition) is 4. The predicted octanol–water partition coefficient (Wildman–Crippen LogP) is 3.35. The van der Waals surface area contributed by atoms with Crippen LogP contribution in [0.3, 0.4) is 0 Å². The largest absolute Gasteiger partial charge is 0.489 e. The summed E-state index contributed by atoms with van der Waals surface area (Å²) in [4.78, 5) is 10.4. The standard InChI is InChI=1S/C14H13FN2O3/c1-16-13-8-10(2-7-14(13)17(18)19)9-20-12-5-3-11(15)4-6-12/h2-8,16H,9H2,1H3. The first-order valence-corrected chi connectivity index (χ1v) is 5.93. The first-order valence-electron chi connectivity index (χ1n) is 5.93. The number of hydrogen-bond donors (Lipinski definition) is 1. The van der Waals surface area contributed by atoms with Gasteiger partial charge in [-0.15, -0.1) is 0 Å². The maximum absolute atomic E-state index is 12.7. The molecule has 0 atom stereocenters. The maximum Gasteiger partial charge on any atom is 0.292 e. The van der Waals surface area contributed by atoms with E-state index in [4.69, 9.17) is 4.74 Å². The van der Waals surface area contributed by atoms with Crippen LogP contribution in [0, 0.1) is 15.9 Å². The molecule has 20 heavy (non-hydrogen) atoms. The van der Waals surface area contributed by atoms with Crippen molar-refractivity contribution in [1.82, 2.24) is 0 Å². The van der Waals surface area contributed by atoms with E-state index >= 15 is 0 Å². The molecule has 0 amide bonds. The van der Waals surface area contributed by atoms with Gasteiger partial charge >= 0.3 is 0 Å². The highest BCUT2D eigenvalue weighted by Gasteiger charge is 2.12. The number of nitrogens with one attached hydrogen (secondary N) is 1. The molecule has 0 saturated heterocycles. The van der Waals surface area contributed by atoms with Crippen LogP contribution in [-0.2, 0) is 6.61 Å². The Bertz CT molecular complexity index is 614. The first-order chi connectivity index (χ1) is 9.60. The molecule has 0 heterocycles. The van der Waals surface area contributed by atoms with E-state index in [2.05, 4.69) is 5.32 Å². The van der Waals surface area contributed by atoms with Crippen molar-refractivity contribution in [2.24, 2.45) is 0 Å². The van der Waals surface area contributed by atoms with Crippen LogP contribution in [0.4, 0.5) is 15.8 Å². The van der Waals surface area contributed by atoms with Crippen molar-refractivity contribution in [3.05, 3.63) is 64.0 Å². The van der Waals surface area contributed by atoms with Gasteiger partial charge in [0.25, 0.3) is 5.69 Å². The first kappa shape index (κ1) is 13.8. The van der Waals surface area contributed by atoms with E-state index in [1.54, 1.807) is 19.2 Å². The summed E-state index contributed by atoms with van der Waals surface area (Å²) in [5.74, 6) is 0.209. The molecule has 0 aliphatic rings. The third-order valence-corrected chi connectivity index (χ3v) is 2.75. The topological polar surface area (TPSA) is 64.4 Å². The van der Waals surface area contributed by atoms with Crippen LogP contribution in [0.5, 0.6) is 5.75 Å². The molecule has 0 unspecified atom stereocenters. The molecular formula is C14H13FN2O3. The number of ether oxygens (including phenoxy) is 1. The highest BCUT2D eigenvalue weighted by atomic mass is 19.1. The predicted molar refractivity (Wildman–Crippen MR) is 73.4 cm³/mol. The lowest BCUT2D eigenvalue weighted by Crippen LogP contribution is -2.00. The van der Waals surface area contributed by atoms with E-state index in [1.807, 2.05) is 0 Å². The van der Waals surface area contributed by atoms with E-state index in [0.29, 0.717) is 11.4 Å². The second-order valence-electron chi connectivity index (χ2n) is 4.10. The van der Waals surface area contributed by atoms with Crippen LogP contribution in [-0.4, -0.2) is 12.0 Å². The lowest BCUT2D eigenvalue weighted by Gasteiger charge is -2.08. The zero-order chi connectivity index (χ0) is 14.5. The quantitative estimate of drug-likeness (QED) is 0.671. The van der Waals surface area contributed by atoms with Gasteiger partial charge in [-0.1, -0.05) is 0 Å². The molecule has 6 heteroatoms. The summed E-state index contributed by atoms with van der Waals surface area (Å²) in [5.41, 5.74) is 1.22. The Hall–Kier alpha value is -2.63. The highest BCUT2D eigenvalue weighted by Crippen LogP contribution is 2.25. The lowest BCUT2D eigenvalue weighted by molar-refractivity contribution is -0.384. The summed E-state index contributed by atoms with van der Waals surface area (Å²) in [7, 11) is 1.62. The van der Waals surface area contributed by atoms with E-state index in [-0.39, 0.29) is 18.1 Å². The van der Waals surface area contributed by atoms with Gasteiger partial charge in [0.1, 0.15) is 23.9 Å². The number of anilines is 1. The van der Waals surface area contributed by atoms with Gasteiger partial charge in [0.2, 0.25) is 0 Å². The van der Waals surface area contributed by atoms with Crippen molar-refractivity contribution in [2.45, 2.75) is 6.61 Å². The Morgan fingerprint density at radius 2 is 1.95 bits per heavy atom. The number of nitro groups is 1. The van der Waals surface area contributed by atoms with Gasteiger partial charge in [-0.2, -0.15) is 0 Å². The van der Waals surface area contributed by atoms with Crippen LogP contribution in [0.15, 0.2) is 42.5 Å². The molecule has 0 aliphatic heterocycles. The smallest absolute Gasteiger partial charge is 0.292 e. The third kappa shape index (κ3) is 3.23. The summed E-state index contributed by atoms with van der Waals surface area (Å²) in [6.45, 7) is 0.248. The number of rotatable bonds is 5. The summed E-state index contributed by atoms with van der Waals surface area (Å²) in [5, 5.41) is 13.6. The molecular weight excluding hydrogens is 263 g/mol. The minimum absolute atomic E-state index is 0.0121. The fourth-order valence-electron chi connectivity index (χ4n) is 1.73. The molecule has 0 saturated carbocycles. The average molecular weight is 276 g/mol. The molecule has 1 N–H and O–H groups in total. The molecule has 5 nitrogen and oxygen atoms in total. The van der Waals surface area contributed by atoms with Crippen LogP contribution in [0.2, 0.25) is 0 Å². The molecule has 0 bridgehead atoms. The lowest BCUT2D eigenvalue weighted by atomic mass is 10.2. The van der Waals surface area contributed by atoms with Gasteiger partial charge in [-0.3, -0.25) is 10.1 Å². The third-order valence-electron chi connectivity index (χ3n) is 2.75. The van der Waals surface area contributed by atoms with Gasteiger partial charge in [0, 0.05) is 13.1 Å². The SMILES string of the molecule is CNc1cc(COc2ccc(F)cc2)ccc1[N+](=O)[O-]. The van der Waals surface area contributed by atoms with Crippen LogP contribution >= 0.6 is 0 Å². The van der Waals surface area contributed by atoms with E-state index < -0.39 is 4.92 Å². The van der Waals surface area contributed by atoms with Crippen LogP contribution in [0.1, 0.15) is 5.56 Å². The minimum Gasteiger partial charge on any atom is -0.489 e. The van der Waals surface area contributed by atoms with Gasteiger partial charge in [0.15, 0.2) is 0 Å². The normalized spacial score (nSPS) is 10.1. The Morgan fingerprint density at radius 1 is 1.25 bits per heavy atom. The molecule has 0 radical (unpaired) electrons. The summed E-state index contributed by atoms with van der Waals surface area (Å²) >= 11 is 0. The fourth-order valence-corrected chi connectivity index (χ4v) is 1.73. The summed E-state index contributed by atoms with van der Waals surface area (Å²) < 4.78 is 18.2. The Morgan fingerprint density at radius 3 is 2.55 bits per heavy atom. The molecule has 2 aromatic rings. The molecule has 0 aliphatic carbocycles. The Labute approximate surface area is 115 Å². The maximum atomic E-state index is 12.7. The zero-order valence-corrected chi connectivity index (χ0v) is 10.8. The van der Waals surface area contributed by atoms with Crippen LogP contribution in [0.25, 0.3) is 0 Å². The van der Waals surface area contributed by atoms with Crippen molar-refractivity contribution in [3.8, 4) is 5.75 Å². The monoisotopic (exact) mass is 276 g/mol. The van der Waals surface area contributed by atoms with Gasteiger partial charge < -0.3 is 10.1 Å². The molecule has 104 valence electrons. The molecule has 0 fully saturated rings. The van der Waals surface area contributed by atoms with Crippen molar-refractivity contribution in [3.63, 3.8) is 0 Å². The second-order valence-corrected chi connectivity index (χ2v) is 4.10. The number of nitrogens with zero attached hydrogens (tertiary/aromatic N) is 1. The molecule has 2 rings (SSSR count). The molecule has 0 aromatic heterocycles. The van der Waals surface area contributed by atoms with E-state index in [0.717, 1.165) is 5.56 Å². The average Bonchev–Trinajstić information content (AvgIpc) is 2.46. The molecule has 2 aromatic carbocycles. The number of halogens is 1. The van der Waals surface area contributed by atoms with Crippen molar-refractivity contribution >= 4 is 11.4 Å². The van der Waals surface area contributed by atoms with Gasteiger partial charge in [-0.05, 0) is 42.0 Å². The van der Waals surface area contributed by atoms with Crippen molar-refractivity contribution in [1.29, 1.82) is 0 Å². The van der Waals surface area contributed by atoms with Gasteiger partial charge in [-0.25, -0.2) is 4.39 Å². The Balaban J connectivity index is 2.10. The van der Waals surface area contributed by atoms with Crippen molar-refractivity contribution in [2.75, 3.05) is 12.4 Å². The number of nitro benzene ring substituents is 1. The summed E-state index contributed by atoms with van der Waals surface area (Å²) in [6.07, 6.45) is 0. The molecule has 0 spiro atoms. The highest BCUT2D eigenvalue weighted by molar-refractivity contribution is 5.62. The van der Waals surface area contributed by atoms with Crippen LogP contribution < -0.4 is 10.1 Å². The minimum atomic E-state index is -0.448. The fraction of sp³-hybridized carbons (Fsp3) is 0.143. The van der Waals surface area contributed by atoms with Gasteiger partial charge in [0.05, 0.1) is 4.92 Å². The Kier molecular flexibility index (Phi) is 4.14. The van der Waals surface area contributed by atoms with E-state index in [1.165, 1.54) is 30.3 Å². The summed E-state index contributed by atoms with van der Waals surface area (Å²) in [6, 6.07) is 10.4. The number of benzene rings is 2. The van der Waals surface area contributed by atoms with E-state index in [9.17, 15) is 14.5 Å². The zero-order valence-electron chi connectivity index (χ0n) is 10.8. The second kappa shape index (κ2) is 6.01. The van der Waals surface area contributed by atoms with Crippen molar-refractivity contribution < 1.29 is 14.1 Å².